The van der Waals surface area contributed by atoms with E-state index in [9.17, 15) is 14.7 Å². The Hall–Kier alpha value is -2.92. The van der Waals surface area contributed by atoms with Gasteiger partial charge in [0.15, 0.2) is 0 Å². The van der Waals surface area contributed by atoms with Crippen LogP contribution >= 0.6 is 11.3 Å². The largest absolute Gasteiger partial charge is 0.480 e. The molecule has 1 amide bonds. The van der Waals surface area contributed by atoms with E-state index >= 15 is 0 Å². The van der Waals surface area contributed by atoms with Crippen LogP contribution in [-0.4, -0.2) is 23.0 Å². The number of carbonyl (C=O) groups excluding carboxylic acids is 1. The Labute approximate surface area is 156 Å². The normalized spacial score (nSPS) is 11.7. The monoisotopic (exact) mass is 365 g/mol. The highest BCUT2D eigenvalue weighted by Gasteiger charge is 2.23. The molecule has 0 radical (unpaired) electrons. The summed E-state index contributed by atoms with van der Waals surface area (Å²) in [4.78, 5) is 24.8. The fourth-order valence-electron chi connectivity index (χ4n) is 2.72. The van der Waals surface area contributed by atoms with Crippen LogP contribution < -0.4 is 5.32 Å². The number of rotatable bonds is 6. The third-order valence-corrected chi connectivity index (χ3v) is 5.03. The van der Waals surface area contributed by atoms with E-state index in [1.807, 2.05) is 73.0 Å². The molecule has 0 aliphatic rings. The first-order valence-electron chi connectivity index (χ1n) is 8.26. The fourth-order valence-corrected chi connectivity index (χ4v) is 3.54. The third kappa shape index (κ3) is 4.18. The lowest BCUT2D eigenvalue weighted by Gasteiger charge is -2.15. The van der Waals surface area contributed by atoms with Crippen LogP contribution in [0, 0.1) is 6.92 Å². The lowest BCUT2D eigenvalue weighted by atomic mass is 10.0. The Balaban J connectivity index is 1.79. The van der Waals surface area contributed by atoms with Crippen molar-refractivity contribution in [3.8, 4) is 11.1 Å². The molecule has 0 aliphatic carbocycles. The van der Waals surface area contributed by atoms with E-state index in [1.165, 1.54) is 11.3 Å². The fraction of sp³-hybridized carbons (Fsp3) is 0.143. The Bertz CT molecular complexity index is 901. The van der Waals surface area contributed by atoms with Crippen molar-refractivity contribution in [2.24, 2.45) is 0 Å². The standard InChI is InChI=1S/C21H19NO3S/c1-14-7-9-16(10-8-14)17-11-12-26-19(17)20(23)22-18(21(24)25)13-15-5-3-2-4-6-15/h2-12,18H,13H2,1H3,(H,22,23)(H,24,25)/t18-/m0/s1. The molecule has 0 aliphatic heterocycles. The predicted octanol–water partition coefficient (Wildman–Crippen LogP) is 4.15. The molecule has 2 N–H and O–H groups in total. The van der Waals surface area contributed by atoms with Crippen molar-refractivity contribution in [3.63, 3.8) is 0 Å². The molecule has 0 spiro atoms. The van der Waals surface area contributed by atoms with Gasteiger partial charge in [-0.2, -0.15) is 0 Å². The molecule has 1 atom stereocenters. The summed E-state index contributed by atoms with van der Waals surface area (Å²) in [7, 11) is 0. The van der Waals surface area contributed by atoms with Crippen molar-refractivity contribution in [1.82, 2.24) is 5.32 Å². The molecule has 0 saturated carbocycles. The quantitative estimate of drug-likeness (QED) is 0.690. The van der Waals surface area contributed by atoms with Gasteiger partial charge in [0.05, 0.1) is 4.88 Å². The molecule has 1 heterocycles. The molecular formula is C21H19NO3S. The minimum atomic E-state index is -1.05. The van der Waals surface area contributed by atoms with E-state index in [0.29, 0.717) is 4.88 Å². The Kier molecular flexibility index (Phi) is 5.49. The highest BCUT2D eigenvalue weighted by Crippen LogP contribution is 2.28. The molecule has 0 fully saturated rings. The van der Waals surface area contributed by atoms with Crippen molar-refractivity contribution >= 4 is 23.2 Å². The van der Waals surface area contributed by atoms with Crippen LogP contribution in [0.2, 0.25) is 0 Å². The van der Waals surface area contributed by atoms with Gasteiger partial charge in [0, 0.05) is 12.0 Å². The molecule has 2 aromatic carbocycles. The average molecular weight is 365 g/mol. The first kappa shape index (κ1) is 17.9. The van der Waals surface area contributed by atoms with E-state index in [0.717, 1.165) is 22.3 Å². The number of carbonyl (C=O) groups is 2. The third-order valence-electron chi connectivity index (χ3n) is 4.12. The maximum Gasteiger partial charge on any atom is 0.326 e. The van der Waals surface area contributed by atoms with Crippen LogP contribution in [0.1, 0.15) is 20.8 Å². The summed E-state index contributed by atoms with van der Waals surface area (Å²) in [6.07, 6.45) is 0.243. The average Bonchev–Trinajstić information content (AvgIpc) is 3.12. The Morgan fingerprint density at radius 1 is 1.04 bits per heavy atom. The van der Waals surface area contributed by atoms with E-state index < -0.39 is 12.0 Å². The van der Waals surface area contributed by atoms with Gasteiger partial charge < -0.3 is 10.4 Å². The van der Waals surface area contributed by atoms with Crippen molar-refractivity contribution in [2.75, 3.05) is 0 Å². The number of aryl methyl sites for hydroxylation is 1. The molecule has 132 valence electrons. The highest BCUT2D eigenvalue weighted by molar-refractivity contribution is 7.12. The summed E-state index contributed by atoms with van der Waals surface area (Å²) in [6.45, 7) is 2.01. The molecule has 26 heavy (non-hydrogen) atoms. The van der Waals surface area contributed by atoms with Crippen molar-refractivity contribution in [1.29, 1.82) is 0 Å². The lowest BCUT2D eigenvalue weighted by Crippen LogP contribution is -2.42. The first-order valence-corrected chi connectivity index (χ1v) is 9.14. The summed E-state index contributed by atoms with van der Waals surface area (Å²) < 4.78 is 0. The van der Waals surface area contributed by atoms with E-state index in [4.69, 9.17) is 0 Å². The van der Waals surface area contributed by atoms with Crippen molar-refractivity contribution in [3.05, 3.63) is 82.0 Å². The summed E-state index contributed by atoms with van der Waals surface area (Å²) in [5, 5.41) is 14.0. The Morgan fingerprint density at radius 2 is 1.73 bits per heavy atom. The van der Waals surface area contributed by atoms with Crippen LogP contribution in [0.3, 0.4) is 0 Å². The van der Waals surface area contributed by atoms with E-state index in [-0.39, 0.29) is 12.3 Å². The van der Waals surface area contributed by atoms with Gasteiger partial charge in [-0.25, -0.2) is 4.79 Å². The van der Waals surface area contributed by atoms with Gasteiger partial charge in [0.25, 0.3) is 5.91 Å². The van der Waals surface area contributed by atoms with Crippen LogP contribution in [0.5, 0.6) is 0 Å². The number of carboxylic acids is 1. The van der Waals surface area contributed by atoms with Crippen LogP contribution in [0.25, 0.3) is 11.1 Å². The predicted molar refractivity (Wildman–Crippen MR) is 104 cm³/mol. The minimum absolute atomic E-state index is 0.243. The number of thiophene rings is 1. The maximum absolute atomic E-state index is 12.7. The summed E-state index contributed by atoms with van der Waals surface area (Å²) >= 11 is 1.31. The number of carboxylic acid groups (broad SMARTS) is 1. The smallest absolute Gasteiger partial charge is 0.326 e. The zero-order chi connectivity index (χ0) is 18.5. The topological polar surface area (TPSA) is 66.4 Å². The number of nitrogens with one attached hydrogen (secondary N) is 1. The Morgan fingerprint density at radius 3 is 2.38 bits per heavy atom. The molecule has 0 unspecified atom stereocenters. The van der Waals surface area contributed by atoms with Gasteiger partial charge in [0.1, 0.15) is 6.04 Å². The van der Waals surface area contributed by atoms with Crippen molar-refractivity contribution < 1.29 is 14.7 Å². The van der Waals surface area contributed by atoms with Gasteiger partial charge >= 0.3 is 5.97 Å². The molecule has 0 saturated heterocycles. The lowest BCUT2D eigenvalue weighted by molar-refractivity contribution is -0.139. The first-order chi connectivity index (χ1) is 12.5. The van der Waals surface area contributed by atoms with Crippen LogP contribution in [0.15, 0.2) is 66.0 Å². The van der Waals surface area contributed by atoms with Gasteiger partial charge in [-0.05, 0) is 29.5 Å². The molecular weight excluding hydrogens is 346 g/mol. The molecule has 5 heteroatoms. The number of hydrogen-bond donors (Lipinski definition) is 2. The summed E-state index contributed by atoms with van der Waals surface area (Å²) in [5.41, 5.74) is 3.77. The second-order valence-corrected chi connectivity index (χ2v) is 7.00. The van der Waals surface area contributed by atoms with E-state index in [2.05, 4.69) is 5.32 Å². The van der Waals surface area contributed by atoms with Crippen LogP contribution in [-0.2, 0) is 11.2 Å². The molecule has 1 aromatic heterocycles. The second kappa shape index (κ2) is 7.97. The molecule has 3 rings (SSSR count). The van der Waals surface area contributed by atoms with Gasteiger partial charge in [0.2, 0.25) is 0 Å². The number of benzene rings is 2. The second-order valence-electron chi connectivity index (χ2n) is 6.08. The zero-order valence-electron chi connectivity index (χ0n) is 14.3. The summed E-state index contributed by atoms with van der Waals surface area (Å²) in [5.74, 6) is -1.41. The van der Waals surface area contributed by atoms with Gasteiger partial charge in [-0.3, -0.25) is 4.79 Å². The maximum atomic E-state index is 12.7. The van der Waals surface area contributed by atoms with E-state index in [1.54, 1.807) is 0 Å². The van der Waals surface area contributed by atoms with Crippen molar-refractivity contribution in [2.45, 2.75) is 19.4 Å². The number of hydrogen-bond acceptors (Lipinski definition) is 3. The molecule has 0 bridgehead atoms. The molecule has 4 nitrogen and oxygen atoms in total. The van der Waals surface area contributed by atoms with Gasteiger partial charge in [-0.15, -0.1) is 11.3 Å². The highest BCUT2D eigenvalue weighted by atomic mass is 32.1. The molecule has 3 aromatic rings. The van der Waals surface area contributed by atoms with Gasteiger partial charge in [-0.1, -0.05) is 60.2 Å². The van der Waals surface area contributed by atoms with Crippen LogP contribution in [0.4, 0.5) is 0 Å². The minimum Gasteiger partial charge on any atom is -0.480 e. The number of amides is 1. The zero-order valence-corrected chi connectivity index (χ0v) is 15.1. The number of aliphatic carboxylic acids is 1. The summed E-state index contributed by atoms with van der Waals surface area (Å²) in [6, 6.07) is 18.1. The SMILES string of the molecule is Cc1ccc(-c2ccsc2C(=O)N[C@@H](Cc2ccccc2)C(=O)O)cc1.